The first-order chi connectivity index (χ1) is 14.3. The normalized spacial score (nSPS) is 20.4. The molecule has 2 aromatic heterocycles. The summed E-state index contributed by atoms with van der Waals surface area (Å²) in [4.78, 5) is 25.8. The molecule has 2 aliphatic carbocycles. The van der Waals surface area contributed by atoms with Crippen LogP contribution in [0.1, 0.15) is 50.3 Å². The lowest BCUT2D eigenvalue weighted by molar-refractivity contribution is -0.128. The summed E-state index contributed by atoms with van der Waals surface area (Å²) in [5.74, 6) is 3.67. The minimum atomic E-state index is 0.286. The molecule has 0 bridgehead atoms. The Balaban J connectivity index is 1.12. The van der Waals surface area contributed by atoms with E-state index in [-0.39, 0.29) is 5.91 Å². The number of amides is 1. The molecule has 0 atom stereocenters. The standard InChI is InChI=1S/C21H27N5O2S/c27-19(14-29-17-3-1-2-4-17)26-11-9-25(10-12-26)18-8-7-16(13-22-18)20-23-21(28-24-20)15-5-6-15/h7-8,13,15,17H,1-6,9-12,14H2. The van der Waals surface area contributed by atoms with Gasteiger partial charge in [-0.15, -0.1) is 11.8 Å². The lowest BCUT2D eigenvalue weighted by atomic mass is 10.2. The highest BCUT2D eigenvalue weighted by Crippen LogP contribution is 2.39. The van der Waals surface area contributed by atoms with Gasteiger partial charge in [0.1, 0.15) is 5.82 Å². The quantitative estimate of drug-likeness (QED) is 0.719. The Morgan fingerprint density at radius 1 is 1.10 bits per heavy atom. The van der Waals surface area contributed by atoms with Crippen molar-refractivity contribution in [2.24, 2.45) is 0 Å². The number of hydrogen-bond donors (Lipinski definition) is 0. The van der Waals surface area contributed by atoms with E-state index in [2.05, 4.69) is 20.0 Å². The van der Waals surface area contributed by atoms with E-state index in [1.54, 1.807) is 0 Å². The van der Waals surface area contributed by atoms with Gasteiger partial charge in [0.2, 0.25) is 17.6 Å². The number of carbonyl (C=O) groups is 1. The molecule has 29 heavy (non-hydrogen) atoms. The van der Waals surface area contributed by atoms with Crippen LogP contribution in [-0.2, 0) is 4.79 Å². The molecule has 7 nitrogen and oxygen atoms in total. The van der Waals surface area contributed by atoms with Crippen LogP contribution in [0, 0.1) is 0 Å². The van der Waals surface area contributed by atoms with Crippen LogP contribution >= 0.6 is 11.8 Å². The van der Waals surface area contributed by atoms with Crippen molar-refractivity contribution in [1.82, 2.24) is 20.0 Å². The van der Waals surface area contributed by atoms with Gasteiger partial charge in [0.05, 0.1) is 5.75 Å². The van der Waals surface area contributed by atoms with E-state index in [1.807, 2.05) is 35.0 Å². The average molecular weight is 414 g/mol. The molecule has 0 unspecified atom stereocenters. The molecule has 5 rings (SSSR count). The highest BCUT2D eigenvalue weighted by Gasteiger charge is 2.30. The second kappa shape index (κ2) is 8.34. The first-order valence-electron chi connectivity index (χ1n) is 10.7. The first-order valence-corrected chi connectivity index (χ1v) is 11.8. The van der Waals surface area contributed by atoms with Gasteiger partial charge < -0.3 is 14.3 Å². The summed E-state index contributed by atoms with van der Waals surface area (Å²) in [5.41, 5.74) is 0.877. The van der Waals surface area contributed by atoms with Crippen molar-refractivity contribution in [2.45, 2.75) is 49.7 Å². The van der Waals surface area contributed by atoms with Gasteiger partial charge in [0.25, 0.3) is 0 Å². The van der Waals surface area contributed by atoms with Crippen LogP contribution < -0.4 is 4.90 Å². The van der Waals surface area contributed by atoms with Gasteiger partial charge in [0, 0.05) is 49.1 Å². The predicted molar refractivity (Wildman–Crippen MR) is 113 cm³/mol. The van der Waals surface area contributed by atoms with Gasteiger partial charge in [-0.3, -0.25) is 4.79 Å². The largest absolute Gasteiger partial charge is 0.353 e. The minimum Gasteiger partial charge on any atom is -0.353 e. The Bertz CT molecular complexity index is 837. The molecule has 2 aromatic rings. The maximum Gasteiger partial charge on any atom is 0.232 e. The van der Waals surface area contributed by atoms with E-state index in [4.69, 9.17) is 4.52 Å². The summed E-state index contributed by atoms with van der Waals surface area (Å²) in [7, 11) is 0. The van der Waals surface area contributed by atoms with E-state index in [9.17, 15) is 4.79 Å². The van der Waals surface area contributed by atoms with Crippen molar-refractivity contribution in [3.63, 3.8) is 0 Å². The Labute approximate surface area is 175 Å². The van der Waals surface area contributed by atoms with Crippen LogP contribution in [0.25, 0.3) is 11.4 Å². The number of nitrogens with zero attached hydrogens (tertiary/aromatic N) is 5. The Hall–Kier alpha value is -2.09. The van der Waals surface area contributed by atoms with Gasteiger partial charge in [-0.25, -0.2) is 4.98 Å². The van der Waals surface area contributed by atoms with Gasteiger partial charge in [0.15, 0.2) is 0 Å². The molecular formula is C21H27N5O2S. The maximum atomic E-state index is 12.5. The molecular weight excluding hydrogens is 386 g/mol. The van der Waals surface area contributed by atoms with Crippen molar-refractivity contribution in [1.29, 1.82) is 0 Å². The number of anilines is 1. The van der Waals surface area contributed by atoms with Gasteiger partial charge in [-0.1, -0.05) is 18.0 Å². The number of aromatic nitrogens is 3. The van der Waals surface area contributed by atoms with Gasteiger partial charge in [-0.2, -0.15) is 4.98 Å². The SMILES string of the molecule is O=C(CSC1CCCC1)N1CCN(c2ccc(-c3noc(C4CC4)n3)cn2)CC1. The molecule has 0 radical (unpaired) electrons. The molecule has 3 heterocycles. The topological polar surface area (TPSA) is 75.4 Å². The second-order valence-corrected chi connectivity index (χ2v) is 9.51. The van der Waals surface area contributed by atoms with E-state index < -0.39 is 0 Å². The third-order valence-electron chi connectivity index (χ3n) is 6.08. The third kappa shape index (κ3) is 4.42. The van der Waals surface area contributed by atoms with Crippen LogP contribution in [0.2, 0.25) is 0 Å². The van der Waals surface area contributed by atoms with Crippen LogP contribution in [0.3, 0.4) is 0 Å². The zero-order chi connectivity index (χ0) is 19.6. The van der Waals surface area contributed by atoms with Crippen LogP contribution in [0.5, 0.6) is 0 Å². The van der Waals surface area contributed by atoms with Crippen LogP contribution in [0.4, 0.5) is 5.82 Å². The molecule has 0 spiro atoms. The predicted octanol–water partition coefficient (Wildman–Crippen LogP) is 3.33. The Morgan fingerprint density at radius 3 is 2.59 bits per heavy atom. The molecule has 1 amide bonds. The molecule has 3 aliphatic rings. The summed E-state index contributed by atoms with van der Waals surface area (Å²) in [6.07, 6.45) is 9.31. The molecule has 0 aromatic carbocycles. The van der Waals surface area contributed by atoms with Crippen molar-refractivity contribution in [3.05, 3.63) is 24.2 Å². The smallest absolute Gasteiger partial charge is 0.232 e. The van der Waals surface area contributed by atoms with Crippen LogP contribution in [0.15, 0.2) is 22.9 Å². The number of carbonyl (C=O) groups excluding carboxylic acids is 1. The van der Waals surface area contributed by atoms with Gasteiger partial charge in [-0.05, 0) is 37.8 Å². The zero-order valence-corrected chi connectivity index (χ0v) is 17.4. The summed E-state index contributed by atoms with van der Waals surface area (Å²) in [6, 6.07) is 4.01. The van der Waals surface area contributed by atoms with Gasteiger partial charge >= 0.3 is 0 Å². The van der Waals surface area contributed by atoms with Crippen molar-refractivity contribution in [3.8, 4) is 11.4 Å². The lowest BCUT2D eigenvalue weighted by Gasteiger charge is -2.35. The highest BCUT2D eigenvalue weighted by atomic mass is 32.2. The Kier molecular flexibility index (Phi) is 5.44. The fourth-order valence-corrected chi connectivity index (χ4v) is 5.30. The number of pyridine rings is 1. The molecule has 1 saturated heterocycles. The zero-order valence-electron chi connectivity index (χ0n) is 16.6. The van der Waals surface area contributed by atoms with Crippen molar-refractivity contribution < 1.29 is 9.32 Å². The summed E-state index contributed by atoms with van der Waals surface area (Å²) >= 11 is 1.85. The van der Waals surface area contributed by atoms with E-state index in [1.165, 1.54) is 25.7 Å². The minimum absolute atomic E-state index is 0.286. The van der Waals surface area contributed by atoms with Crippen LogP contribution in [-0.4, -0.2) is 63.1 Å². The molecule has 0 N–H and O–H groups in total. The maximum absolute atomic E-state index is 12.5. The molecule has 154 valence electrons. The number of hydrogen-bond acceptors (Lipinski definition) is 7. The van der Waals surface area contributed by atoms with E-state index >= 15 is 0 Å². The Morgan fingerprint density at radius 2 is 1.90 bits per heavy atom. The summed E-state index contributed by atoms with van der Waals surface area (Å²) < 4.78 is 5.34. The fraction of sp³-hybridized carbons (Fsp3) is 0.619. The summed E-state index contributed by atoms with van der Waals surface area (Å²) in [5, 5.41) is 4.78. The lowest BCUT2D eigenvalue weighted by Crippen LogP contribution is -2.49. The molecule has 1 aliphatic heterocycles. The third-order valence-corrected chi connectivity index (χ3v) is 7.43. The monoisotopic (exact) mass is 413 g/mol. The fourth-order valence-electron chi connectivity index (χ4n) is 4.07. The molecule has 3 fully saturated rings. The first kappa shape index (κ1) is 18.9. The van der Waals surface area contributed by atoms with Crippen molar-refractivity contribution in [2.75, 3.05) is 36.8 Å². The van der Waals surface area contributed by atoms with E-state index in [0.29, 0.717) is 22.7 Å². The highest BCUT2D eigenvalue weighted by molar-refractivity contribution is 8.00. The average Bonchev–Trinajstić information content (AvgIpc) is 3.27. The second-order valence-electron chi connectivity index (χ2n) is 8.22. The molecule has 2 saturated carbocycles. The summed E-state index contributed by atoms with van der Waals surface area (Å²) in [6.45, 7) is 3.17. The number of thioether (sulfide) groups is 1. The number of rotatable bonds is 6. The van der Waals surface area contributed by atoms with E-state index in [0.717, 1.165) is 56.3 Å². The number of piperazine rings is 1. The molecule has 8 heteroatoms. The van der Waals surface area contributed by atoms with Crippen molar-refractivity contribution >= 4 is 23.5 Å².